The highest BCUT2D eigenvalue weighted by molar-refractivity contribution is 6.36. The van der Waals surface area contributed by atoms with Crippen molar-refractivity contribution < 1.29 is 9.32 Å². The molecule has 0 amide bonds. The van der Waals surface area contributed by atoms with Crippen molar-refractivity contribution in [1.82, 2.24) is 15.0 Å². The first-order valence-corrected chi connectivity index (χ1v) is 10.3. The first-order valence-electron chi connectivity index (χ1n) is 9.52. The van der Waals surface area contributed by atoms with Gasteiger partial charge in [0.15, 0.2) is 0 Å². The smallest absolute Gasteiger partial charge is 0.214 e. The number of Topliss-reactive ketones (excluding diaryl/α,β-unsaturated/α-hetero) is 1. The molecule has 5 nitrogen and oxygen atoms in total. The highest BCUT2D eigenvalue weighted by Crippen LogP contribution is 2.30. The molecule has 1 aliphatic rings. The standard InChI is InChI=1S/C22H21Cl2N3O2/c23-17-6-7-18(19(24)12-17)20-13-22(29-25-20)21(28)15-27-10-8-26(9-11-27)14-16-4-2-1-3-5-16/h1-7,12-13H,8-11,14-15H2. The molecule has 0 spiro atoms. The van der Waals surface area contributed by atoms with Crippen LogP contribution < -0.4 is 0 Å². The molecule has 0 atom stereocenters. The molecule has 7 heteroatoms. The zero-order valence-electron chi connectivity index (χ0n) is 15.9. The SMILES string of the molecule is O=C(CN1CCN(Cc2ccccc2)CC1)c1cc(-c2ccc(Cl)cc2Cl)no1. The highest BCUT2D eigenvalue weighted by atomic mass is 35.5. The molecular weight excluding hydrogens is 409 g/mol. The average Bonchev–Trinajstić information content (AvgIpc) is 3.20. The number of hydrogen-bond acceptors (Lipinski definition) is 5. The Bertz CT molecular complexity index is 983. The number of nitrogens with zero attached hydrogens (tertiary/aromatic N) is 3. The number of carbonyl (C=O) groups is 1. The van der Waals surface area contributed by atoms with Crippen molar-refractivity contribution in [2.45, 2.75) is 6.54 Å². The minimum absolute atomic E-state index is 0.0784. The fourth-order valence-electron chi connectivity index (χ4n) is 3.46. The Kier molecular flexibility index (Phi) is 6.31. The molecule has 4 rings (SSSR count). The van der Waals surface area contributed by atoms with Gasteiger partial charge < -0.3 is 4.52 Å². The maximum absolute atomic E-state index is 12.6. The van der Waals surface area contributed by atoms with Crippen molar-refractivity contribution >= 4 is 29.0 Å². The van der Waals surface area contributed by atoms with E-state index in [-0.39, 0.29) is 11.5 Å². The molecule has 29 heavy (non-hydrogen) atoms. The monoisotopic (exact) mass is 429 g/mol. The predicted octanol–water partition coefficient (Wildman–Crippen LogP) is 4.65. The van der Waals surface area contributed by atoms with Crippen molar-refractivity contribution in [3.8, 4) is 11.3 Å². The van der Waals surface area contributed by atoms with Gasteiger partial charge in [-0.25, -0.2) is 0 Å². The van der Waals surface area contributed by atoms with Crippen molar-refractivity contribution in [1.29, 1.82) is 0 Å². The van der Waals surface area contributed by atoms with Crippen LogP contribution in [0.25, 0.3) is 11.3 Å². The Morgan fingerprint density at radius 2 is 1.69 bits per heavy atom. The van der Waals surface area contributed by atoms with Gasteiger partial charge in [0.25, 0.3) is 0 Å². The third-order valence-electron chi connectivity index (χ3n) is 5.07. The van der Waals surface area contributed by atoms with E-state index in [2.05, 4.69) is 39.2 Å². The van der Waals surface area contributed by atoms with E-state index in [1.807, 2.05) is 6.07 Å². The molecule has 0 radical (unpaired) electrons. The molecule has 1 aliphatic heterocycles. The quantitative estimate of drug-likeness (QED) is 0.533. The molecule has 3 aromatic rings. The molecule has 1 saturated heterocycles. The van der Waals surface area contributed by atoms with Gasteiger partial charge in [0.2, 0.25) is 11.5 Å². The average molecular weight is 430 g/mol. The maximum atomic E-state index is 12.6. The van der Waals surface area contributed by atoms with Crippen LogP contribution in [0.15, 0.2) is 59.1 Å². The summed E-state index contributed by atoms with van der Waals surface area (Å²) in [5.74, 6) is 0.170. The van der Waals surface area contributed by atoms with Gasteiger partial charge in [0.1, 0.15) is 5.69 Å². The van der Waals surface area contributed by atoms with Gasteiger partial charge in [0, 0.05) is 49.4 Å². The van der Waals surface area contributed by atoms with Crippen molar-refractivity contribution in [3.63, 3.8) is 0 Å². The number of rotatable bonds is 6. The Labute approximate surface area is 179 Å². The van der Waals surface area contributed by atoms with Gasteiger partial charge in [-0.15, -0.1) is 0 Å². The van der Waals surface area contributed by atoms with E-state index >= 15 is 0 Å². The fourth-order valence-corrected chi connectivity index (χ4v) is 3.96. The topological polar surface area (TPSA) is 49.6 Å². The van der Waals surface area contributed by atoms with E-state index in [1.165, 1.54) is 5.56 Å². The van der Waals surface area contributed by atoms with Gasteiger partial charge in [-0.2, -0.15) is 0 Å². The first kappa shape index (κ1) is 20.1. The minimum Gasteiger partial charge on any atom is -0.352 e. The normalized spacial score (nSPS) is 15.5. The zero-order valence-corrected chi connectivity index (χ0v) is 17.4. The van der Waals surface area contributed by atoms with E-state index in [9.17, 15) is 4.79 Å². The summed E-state index contributed by atoms with van der Waals surface area (Å²) in [6.45, 7) is 4.83. The van der Waals surface area contributed by atoms with E-state index in [0.717, 1.165) is 32.7 Å². The Hall–Kier alpha value is -2.18. The molecule has 1 aromatic heterocycles. The summed E-state index contributed by atoms with van der Waals surface area (Å²) in [5.41, 5.74) is 2.53. The number of hydrogen-bond donors (Lipinski definition) is 0. The van der Waals surface area contributed by atoms with Gasteiger partial charge in [-0.3, -0.25) is 14.6 Å². The molecule has 2 heterocycles. The number of halogens is 2. The van der Waals surface area contributed by atoms with E-state index in [0.29, 0.717) is 27.8 Å². The van der Waals surface area contributed by atoms with E-state index in [1.54, 1.807) is 24.3 Å². The van der Waals surface area contributed by atoms with Crippen LogP contribution in [0.1, 0.15) is 16.1 Å². The maximum Gasteiger partial charge on any atom is 0.214 e. The molecule has 150 valence electrons. The Balaban J connectivity index is 1.32. The molecule has 0 unspecified atom stereocenters. The van der Waals surface area contributed by atoms with E-state index < -0.39 is 0 Å². The largest absolute Gasteiger partial charge is 0.352 e. The van der Waals surface area contributed by atoms with E-state index in [4.69, 9.17) is 27.7 Å². The Morgan fingerprint density at radius 1 is 0.966 bits per heavy atom. The van der Waals surface area contributed by atoms with Gasteiger partial charge >= 0.3 is 0 Å². The van der Waals surface area contributed by atoms with Crippen LogP contribution in [0, 0.1) is 0 Å². The van der Waals surface area contributed by atoms with Crippen LogP contribution in [-0.2, 0) is 6.54 Å². The zero-order chi connectivity index (χ0) is 20.2. The molecule has 0 saturated carbocycles. The van der Waals surface area contributed by atoms with Gasteiger partial charge in [-0.05, 0) is 23.8 Å². The summed E-state index contributed by atoms with van der Waals surface area (Å²) in [6, 6.07) is 17.2. The Morgan fingerprint density at radius 3 is 2.41 bits per heavy atom. The predicted molar refractivity (Wildman–Crippen MR) is 114 cm³/mol. The summed E-state index contributed by atoms with van der Waals surface area (Å²) < 4.78 is 5.28. The molecule has 1 fully saturated rings. The fraction of sp³-hybridized carbons (Fsp3) is 0.273. The molecule has 0 N–H and O–H groups in total. The number of aromatic nitrogens is 1. The molecular formula is C22H21Cl2N3O2. The lowest BCUT2D eigenvalue weighted by Gasteiger charge is -2.34. The number of benzene rings is 2. The molecule has 0 bridgehead atoms. The lowest BCUT2D eigenvalue weighted by atomic mass is 10.1. The van der Waals surface area contributed by atoms with Crippen molar-refractivity contribution in [2.24, 2.45) is 0 Å². The first-order chi connectivity index (χ1) is 14.1. The highest BCUT2D eigenvalue weighted by Gasteiger charge is 2.22. The van der Waals surface area contributed by atoms with Crippen LogP contribution in [0.2, 0.25) is 10.0 Å². The van der Waals surface area contributed by atoms with Crippen molar-refractivity contribution in [3.05, 3.63) is 76.0 Å². The van der Waals surface area contributed by atoms with Gasteiger partial charge in [0.05, 0.1) is 11.6 Å². The third-order valence-corrected chi connectivity index (χ3v) is 5.62. The van der Waals surface area contributed by atoms with Gasteiger partial charge in [-0.1, -0.05) is 58.7 Å². The minimum atomic E-state index is -0.0784. The lowest BCUT2D eigenvalue weighted by molar-refractivity contribution is 0.0811. The third kappa shape index (κ3) is 5.06. The van der Waals surface area contributed by atoms with Crippen LogP contribution in [0.5, 0.6) is 0 Å². The number of piperazine rings is 1. The molecule has 0 aliphatic carbocycles. The summed E-state index contributed by atoms with van der Waals surface area (Å²) in [4.78, 5) is 17.2. The van der Waals surface area contributed by atoms with Crippen LogP contribution >= 0.6 is 23.2 Å². The van der Waals surface area contributed by atoms with Crippen LogP contribution in [0.3, 0.4) is 0 Å². The second kappa shape index (κ2) is 9.09. The summed E-state index contributed by atoms with van der Waals surface area (Å²) in [6.07, 6.45) is 0. The summed E-state index contributed by atoms with van der Waals surface area (Å²) in [7, 11) is 0. The second-order valence-corrected chi connectivity index (χ2v) is 8.01. The van der Waals surface area contributed by atoms with Crippen molar-refractivity contribution in [2.75, 3.05) is 32.7 Å². The summed E-state index contributed by atoms with van der Waals surface area (Å²) in [5, 5.41) is 5.02. The van der Waals surface area contributed by atoms with Crippen LogP contribution in [0.4, 0.5) is 0 Å². The molecule has 2 aromatic carbocycles. The number of carbonyl (C=O) groups excluding carboxylic acids is 1. The summed E-state index contributed by atoms with van der Waals surface area (Å²) >= 11 is 12.1. The van der Waals surface area contributed by atoms with Crippen LogP contribution in [-0.4, -0.2) is 53.5 Å². The second-order valence-electron chi connectivity index (χ2n) is 7.16. The lowest BCUT2D eigenvalue weighted by Crippen LogP contribution is -2.47. The number of ketones is 1.